The fourth-order valence-corrected chi connectivity index (χ4v) is 3.16. The Balaban J connectivity index is 2.47. The van der Waals surface area contributed by atoms with Crippen molar-refractivity contribution in [1.29, 1.82) is 0 Å². The van der Waals surface area contributed by atoms with Gasteiger partial charge in [-0.15, -0.1) is 0 Å². The zero-order chi connectivity index (χ0) is 10.8. The van der Waals surface area contributed by atoms with Crippen molar-refractivity contribution in [2.45, 2.75) is 51.2 Å². The first-order chi connectivity index (χ1) is 6.45. The molecule has 0 aromatic heterocycles. The lowest BCUT2D eigenvalue weighted by molar-refractivity contribution is 0.255. The summed E-state index contributed by atoms with van der Waals surface area (Å²) in [6.45, 7) is 4.39. The van der Waals surface area contributed by atoms with Crippen molar-refractivity contribution in [3.05, 3.63) is 0 Å². The van der Waals surface area contributed by atoms with Crippen molar-refractivity contribution < 1.29 is 13.0 Å². The van der Waals surface area contributed by atoms with Crippen LogP contribution in [0.5, 0.6) is 0 Å². The van der Waals surface area contributed by atoms with E-state index in [0.29, 0.717) is 24.7 Å². The molecule has 0 aliphatic heterocycles. The first-order valence-corrected chi connectivity index (χ1v) is 6.91. The predicted molar refractivity (Wildman–Crippen MR) is 56.7 cm³/mol. The Kier molecular flexibility index (Phi) is 3.95. The Labute approximate surface area is 86.6 Å². The molecule has 14 heavy (non-hydrogen) atoms. The van der Waals surface area contributed by atoms with E-state index in [4.69, 9.17) is 4.55 Å². The summed E-state index contributed by atoms with van der Waals surface area (Å²) >= 11 is 0. The highest BCUT2D eigenvalue weighted by atomic mass is 32.2. The quantitative estimate of drug-likeness (QED) is 0.743. The topological polar surface area (TPSA) is 54.4 Å². The van der Waals surface area contributed by atoms with Gasteiger partial charge in [-0.25, -0.2) is 0 Å². The molecule has 0 aromatic rings. The van der Waals surface area contributed by atoms with Gasteiger partial charge >= 0.3 is 0 Å². The Bertz CT molecular complexity index is 263. The minimum absolute atomic E-state index is 0.497. The molecule has 1 atom stereocenters. The Morgan fingerprint density at radius 3 is 2.14 bits per heavy atom. The van der Waals surface area contributed by atoms with Crippen LogP contribution >= 0.6 is 0 Å². The van der Waals surface area contributed by atoms with E-state index in [2.05, 4.69) is 13.8 Å². The first kappa shape index (κ1) is 12.0. The average molecular weight is 220 g/mol. The highest BCUT2D eigenvalue weighted by Gasteiger charge is 2.30. The van der Waals surface area contributed by atoms with Crippen LogP contribution in [0.25, 0.3) is 0 Å². The standard InChI is InChI=1S/C10H20O3S/c1-3-8(2)9-4-6-10(7-5-9)14(11,12)13/h8-10H,3-7H2,1-2H3,(H,11,12,13). The average Bonchev–Trinajstić information content (AvgIpc) is 2.15. The lowest BCUT2D eigenvalue weighted by Crippen LogP contribution is -2.28. The highest BCUT2D eigenvalue weighted by molar-refractivity contribution is 7.86. The van der Waals surface area contributed by atoms with Crippen LogP contribution in [0.4, 0.5) is 0 Å². The molecular formula is C10H20O3S. The molecule has 1 unspecified atom stereocenters. The van der Waals surface area contributed by atoms with E-state index in [0.717, 1.165) is 19.3 Å². The summed E-state index contributed by atoms with van der Waals surface area (Å²) in [5.41, 5.74) is 0. The molecule has 3 nitrogen and oxygen atoms in total. The fraction of sp³-hybridized carbons (Fsp3) is 1.00. The zero-order valence-corrected chi connectivity index (χ0v) is 9.76. The van der Waals surface area contributed by atoms with E-state index >= 15 is 0 Å². The van der Waals surface area contributed by atoms with Gasteiger partial charge < -0.3 is 0 Å². The molecule has 0 bridgehead atoms. The predicted octanol–water partition coefficient (Wildman–Crippen LogP) is 2.48. The summed E-state index contributed by atoms with van der Waals surface area (Å²) in [6, 6.07) is 0. The normalized spacial score (nSPS) is 31.4. The lowest BCUT2D eigenvalue weighted by atomic mass is 9.80. The molecule has 84 valence electrons. The maximum atomic E-state index is 10.9. The molecule has 4 heteroatoms. The molecule has 1 rings (SSSR count). The molecule has 1 fully saturated rings. The maximum Gasteiger partial charge on any atom is 0.267 e. The molecule has 1 N–H and O–H groups in total. The third-order valence-corrected chi connectivity index (χ3v) is 4.90. The number of hydrogen-bond acceptors (Lipinski definition) is 2. The molecule has 0 radical (unpaired) electrons. The van der Waals surface area contributed by atoms with Gasteiger partial charge in [-0.3, -0.25) is 4.55 Å². The van der Waals surface area contributed by atoms with Crippen molar-refractivity contribution in [2.75, 3.05) is 0 Å². The van der Waals surface area contributed by atoms with Gasteiger partial charge in [-0.2, -0.15) is 8.42 Å². The second-order valence-electron chi connectivity index (χ2n) is 4.44. The van der Waals surface area contributed by atoms with Crippen LogP contribution in [-0.4, -0.2) is 18.2 Å². The van der Waals surface area contributed by atoms with Gasteiger partial charge in [0.2, 0.25) is 0 Å². The van der Waals surface area contributed by atoms with Crippen molar-refractivity contribution in [1.82, 2.24) is 0 Å². The van der Waals surface area contributed by atoms with Crippen LogP contribution in [0.3, 0.4) is 0 Å². The smallest absolute Gasteiger partial charge is 0.267 e. The maximum absolute atomic E-state index is 10.9. The monoisotopic (exact) mass is 220 g/mol. The molecule has 0 spiro atoms. The zero-order valence-electron chi connectivity index (χ0n) is 8.94. The number of hydrogen-bond donors (Lipinski definition) is 1. The van der Waals surface area contributed by atoms with Crippen LogP contribution in [0.1, 0.15) is 46.0 Å². The summed E-state index contributed by atoms with van der Waals surface area (Å²) in [5, 5.41) is -0.497. The SMILES string of the molecule is CCC(C)C1CCC(S(=O)(=O)O)CC1. The van der Waals surface area contributed by atoms with Gasteiger partial charge in [-0.05, 0) is 37.5 Å². The lowest BCUT2D eigenvalue weighted by Gasteiger charge is -2.30. The van der Waals surface area contributed by atoms with E-state index in [1.54, 1.807) is 0 Å². The first-order valence-electron chi connectivity index (χ1n) is 5.41. The van der Waals surface area contributed by atoms with Crippen LogP contribution in [0.2, 0.25) is 0 Å². The van der Waals surface area contributed by atoms with Crippen LogP contribution < -0.4 is 0 Å². The van der Waals surface area contributed by atoms with Crippen LogP contribution in [0.15, 0.2) is 0 Å². The molecule has 0 amide bonds. The highest BCUT2D eigenvalue weighted by Crippen LogP contribution is 2.33. The summed E-state index contributed by atoms with van der Waals surface area (Å²) < 4.78 is 30.7. The van der Waals surface area contributed by atoms with Gasteiger partial charge in [0.25, 0.3) is 10.1 Å². The second-order valence-corrected chi connectivity index (χ2v) is 6.13. The van der Waals surface area contributed by atoms with Crippen molar-refractivity contribution >= 4 is 10.1 Å². The third kappa shape index (κ3) is 2.95. The van der Waals surface area contributed by atoms with Gasteiger partial charge in [-0.1, -0.05) is 20.3 Å². The fourth-order valence-electron chi connectivity index (χ4n) is 2.29. The van der Waals surface area contributed by atoms with Gasteiger partial charge in [0.1, 0.15) is 0 Å². The molecule has 0 aromatic carbocycles. The summed E-state index contributed by atoms with van der Waals surface area (Å²) in [6.07, 6.45) is 4.31. The molecule has 1 saturated carbocycles. The summed E-state index contributed by atoms with van der Waals surface area (Å²) in [5.74, 6) is 1.33. The number of rotatable bonds is 3. The summed E-state index contributed by atoms with van der Waals surface area (Å²) in [4.78, 5) is 0. The Hall–Kier alpha value is -0.0900. The molecule has 0 saturated heterocycles. The van der Waals surface area contributed by atoms with Gasteiger partial charge in [0, 0.05) is 0 Å². The molecule has 1 aliphatic carbocycles. The minimum Gasteiger partial charge on any atom is -0.285 e. The van der Waals surface area contributed by atoms with E-state index < -0.39 is 15.4 Å². The van der Waals surface area contributed by atoms with Crippen LogP contribution in [-0.2, 0) is 10.1 Å². The van der Waals surface area contributed by atoms with E-state index in [-0.39, 0.29) is 0 Å². The van der Waals surface area contributed by atoms with Crippen LogP contribution in [0, 0.1) is 11.8 Å². The molecule has 0 heterocycles. The van der Waals surface area contributed by atoms with Crippen molar-refractivity contribution in [3.8, 4) is 0 Å². The minimum atomic E-state index is -3.78. The Morgan fingerprint density at radius 2 is 1.79 bits per heavy atom. The molecule has 1 aliphatic rings. The van der Waals surface area contributed by atoms with E-state index in [9.17, 15) is 8.42 Å². The summed E-state index contributed by atoms with van der Waals surface area (Å²) in [7, 11) is -3.78. The Morgan fingerprint density at radius 1 is 1.29 bits per heavy atom. The van der Waals surface area contributed by atoms with E-state index in [1.807, 2.05) is 0 Å². The van der Waals surface area contributed by atoms with E-state index in [1.165, 1.54) is 0 Å². The largest absolute Gasteiger partial charge is 0.285 e. The second kappa shape index (κ2) is 4.62. The van der Waals surface area contributed by atoms with Gasteiger partial charge in [0.05, 0.1) is 5.25 Å². The van der Waals surface area contributed by atoms with Gasteiger partial charge in [0.15, 0.2) is 0 Å². The van der Waals surface area contributed by atoms with Crippen molar-refractivity contribution in [3.63, 3.8) is 0 Å². The molecular weight excluding hydrogens is 200 g/mol. The third-order valence-electron chi connectivity index (χ3n) is 3.59. The van der Waals surface area contributed by atoms with Crippen molar-refractivity contribution in [2.24, 2.45) is 11.8 Å².